The number of nitrogens with one attached hydrogen (secondary N) is 2. The summed E-state index contributed by atoms with van der Waals surface area (Å²) in [5, 5.41) is 26.7. The molecular formula is C28H26N2O9. The van der Waals surface area contributed by atoms with Crippen LogP contribution in [0.2, 0.25) is 0 Å². The lowest BCUT2D eigenvalue weighted by molar-refractivity contribution is -0.124. The minimum Gasteiger partial charge on any atom is -0.507 e. The van der Waals surface area contributed by atoms with Crippen molar-refractivity contribution < 1.29 is 43.7 Å². The van der Waals surface area contributed by atoms with E-state index >= 15 is 0 Å². The summed E-state index contributed by atoms with van der Waals surface area (Å²) < 4.78 is 10.4. The lowest BCUT2D eigenvalue weighted by atomic mass is 9.70. The number of aromatic hydroxyl groups is 2. The van der Waals surface area contributed by atoms with Gasteiger partial charge in [0.15, 0.2) is 17.3 Å². The normalized spacial score (nSPS) is 18.8. The summed E-state index contributed by atoms with van der Waals surface area (Å²) in [6, 6.07) is 6.02. The SMILES string of the molecule is COC(=O)c1ccc(NC(=O)CN/C(C)=C2\C(=O)C=C3Oc4c(C(C)=O)c(O)c(C)c(O)c4[C@@]3(C)C2=O)cc1. The van der Waals surface area contributed by atoms with Crippen molar-refractivity contribution in [3.05, 3.63) is 69.6 Å². The number of anilines is 1. The number of benzene rings is 2. The summed E-state index contributed by atoms with van der Waals surface area (Å²) in [7, 11) is 1.26. The molecule has 1 aliphatic heterocycles. The Morgan fingerprint density at radius 2 is 1.69 bits per heavy atom. The Morgan fingerprint density at radius 3 is 2.28 bits per heavy atom. The van der Waals surface area contributed by atoms with Gasteiger partial charge < -0.3 is 30.3 Å². The molecule has 11 heteroatoms. The Balaban J connectivity index is 1.61. The largest absolute Gasteiger partial charge is 0.507 e. The van der Waals surface area contributed by atoms with E-state index in [1.807, 2.05) is 0 Å². The van der Waals surface area contributed by atoms with Crippen molar-refractivity contribution in [3.63, 3.8) is 0 Å². The first kappa shape index (κ1) is 27.1. The first-order chi connectivity index (χ1) is 18.3. The number of Topliss-reactive ketones (excluding diaryl/α,β-unsaturated/α-hetero) is 2. The van der Waals surface area contributed by atoms with Crippen LogP contribution >= 0.6 is 0 Å². The van der Waals surface area contributed by atoms with Crippen LogP contribution in [0.1, 0.15) is 52.6 Å². The van der Waals surface area contributed by atoms with E-state index in [1.54, 1.807) is 0 Å². The van der Waals surface area contributed by atoms with Crippen LogP contribution in [-0.2, 0) is 24.5 Å². The van der Waals surface area contributed by atoms with Gasteiger partial charge in [-0.15, -0.1) is 0 Å². The molecule has 0 saturated carbocycles. The summed E-state index contributed by atoms with van der Waals surface area (Å²) >= 11 is 0. The van der Waals surface area contributed by atoms with Crippen LogP contribution < -0.4 is 15.4 Å². The van der Waals surface area contributed by atoms with E-state index in [0.717, 1.165) is 6.08 Å². The third kappa shape index (κ3) is 4.31. The topological polar surface area (TPSA) is 168 Å². The highest BCUT2D eigenvalue weighted by molar-refractivity contribution is 6.31. The minimum absolute atomic E-state index is 0.00797. The number of hydrogen-bond donors (Lipinski definition) is 4. The Hall–Kier alpha value is -4.93. The summed E-state index contributed by atoms with van der Waals surface area (Å²) in [6.45, 7) is 5.23. The zero-order valence-corrected chi connectivity index (χ0v) is 21.8. The Morgan fingerprint density at radius 1 is 1.05 bits per heavy atom. The Kier molecular flexibility index (Phi) is 6.78. The van der Waals surface area contributed by atoms with Crippen LogP contribution in [0.3, 0.4) is 0 Å². The van der Waals surface area contributed by atoms with E-state index in [-0.39, 0.29) is 46.0 Å². The second-order valence-corrected chi connectivity index (χ2v) is 9.36. The quantitative estimate of drug-likeness (QED) is 0.187. The Bertz CT molecular complexity index is 1530. The number of phenolic OH excluding ortho intramolecular Hbond substituents is 2. The number of esters is 1. The van der Waals surface area contributed by atoms with E-state index < -0.39 is 46.1 Å². The third-order valence-corrected chi connectivity index (χ3v) is 6.86. The predicted molar refractivity (Wildman–Crippen MR) is 138 cm³/mol. The Labute approximate surface area is 223 Å². The number of hydrogen-bond acceptors (Lipinski definition) is 10. The molecule has 0 unspecified atom stereocenters. The number of methoxy groups -OCH3 is 1. The van der Waals surface area contributed by atoms with Gasteiger partial charge in [-0.1, -0.05) is 0 Å². The standard InChI is InChI=1S/C28H26N2O9/c1-12-23(34)21(14(3)31)25-22(24(12)35)28(4)18(39-25)10-17(32)20(26(28)36)13(2)29-11-19(33)30-16-8-6-15(7-9-16)27(37)38-5/h6-10,29,34-35H,11H2,1-5H3,(H,30,33)/b20-13+/t28-/m0/s1. The van der Waals surface area contributed by atoms with Crippen molar-refractivity contribution in [3.8, 4) is 17.2 Å². The van der Waals surface area contributed by atoms with Gasteiger partial charge in [0.25, 0.3) is 0 Å². The van der Waals surface area contributed by atoms with Crippen LogP contribution in [0.15, 0.2) is 47.4 Å². The van der Waals surface area contributed by atoms with Crippen molar-refractivity contribution >= 4 is 34.9 Å². The molecule has 11 nitrogen and oxygen atoms in total. The first-order valence-corrected chi connectivity index (χ1v) is 11.8. The number of phenols is 2. The van der Waals surface area contributed by atoms with E-state index in [0.29, 0.717) is 11.3 Å². The smallest absolute Gasteiger partial charge is 0.337 e. The van der Waals surface area contributed by atoms with E-state index in [1.165, 1.54) is 59.1 Å². The summed E-state index contributed by atoms with van der Waals surface area (Å²) in [5.74, 6) is -4.10. The number of carbonyl (C=O) groups is 5. The van der Waals surface area contributed by atoms with E-state index in [2.05, 4.69) is 15.4 Å². The van der Waals surface area contributed by atoms with Crippen molar-refractivity contribution in [2.24, 2.45) is 0 Å². The maximum Gasteiger partial charge on any atom is 0.337 e. The van der Waals surface area contributed by atoms with Gasteiger partial charge in [0.1, 0.15) is 34.0 Å². The molecule has 1 heterocycles. The molecule has 4 N–H and O–H groups in total. The maximum atomic E-state index is 13.8. The summed E-state index contributed by atoms with van der Waals surface area (Å²) in [5.41, 5.74) is -1.29. The van der Waals surface area contributed by atoms with Gasteiger partial charge in [-0.25, -0.2) is 4.79 Å². The van der Waals surface area contributed by atoms with Crippen LogP contribution in [-0.4, -0.2) is 53.1 Å². The highest BCUT2D eigenvalue weighted by Gasteiger charge is 2.56. The van der Waals surface area contributed by atoms with Crippen molar-refractivity contribution in [1.29, 1.82) is 0 Å². The molecule has 1 aliphatic carbocycles. The number of ketones is 3. The van der Waals surface area contributed by atoms with Crippen LogP contribution in [0.4, 0.5) is 5.69 Å². The zero-order chi connectivity index (χ0) is 28.8. The first-order valence-electron chi connectivity index (χ1n) is 11.8. The molecule has 0 saturated heterocycles. The van der Waals surface area contributed by atoms with Gasteiger partial charge in [-0.2, -0.15) is 0 Å². The third-order valence-electron chi connectivity index (χ3n) is 6.86. The summed E-state index contributed by atoms with van der Waals surface area (Å²) in [4.78, 5) is 63.1. The fourth-order valence-corrected chi connectivity index (χ4v) is 4.68. The molecule has 1 atom stereocenters. The van der Waals surface area contributed by atoms with Gasteiger partial charge in [0, 0.05) is 23.0 Å². The minimum atomic E-state index is -1.65. The molecule has 1 amide bonds. The van der Waals surface area contributed by atoms with Crippen LogP contribution in [0.25, 0.3) is 0 Å². The lowest BCUT2D eigenvalue weighted by Gasteiger charge is -2.29. The highest BCUT2D eigenvalue weighted by atomic mass is 16.5. The molecule has 2 aromatic rings. The van der Waals surface area contributed by atoms with Gasteiger partial charge in [0.2, 0.25) is 5.91 Å². The zero-order valence-electron chi connectivity index (χ0n) is 21.8. The molecule has 2 aliphatic rings. The monoisotopic (exact) mass is 534 g/mol. The highest BCUT2D eigenvalue weighted by Crippen LogP contribution is 2.57. The van der Waals surface area contributed by atoms with E-state index in [9.17, 15) is 34.2 Å². The molecule has 0 bridgehead atoms. The van der Waals surface area contributed by atoms with Gasteiger partial charge in [-0.05, 0) is 52.0 Å². The number of ether oxygens (including phenoxy) is 2. The molecule has 0 radical (unpaired) electrons. The van der Waals surface area contributed by atoms with Crippen LogP contribution in [0.5, 0.6) is 17.2 Å². The lowest BCUT2D eigenvalue weighted by Crippen LogP contribution is -2.41. The molecule has 2 aromatic carbocycles. The van der Waals surface area contributed by atoms with Gasteiger partial charge in [-0.3, -0.25) is 19.2 Å². The molecular weight excluding hydrogens is 508 g/mol. The number of carbonyl (C=O) groups excluding carboxylic acids is 5. The number of rotatable bonds is 6. The average molecular weight is 535 g/mol. The molecule has 0 spiro atoms. The summed E-state index contributed by atoms with van der Waals surface area (Å²) in [6.07, 6.45) is 1.10. The van der Waals surface area contributed by atoms with Gasteiger partial charge in [0.05, 0.1) is 30.4 Å². The predicted octanol–water partition coefficient (Wildman–Crippen LogP) is 2.58. The second-order valence-electron chi connectivity index (χ2n) is 9.36. The number of fused-ring (bicyclic) bond motifs is 3. The molecule has 39 heavy (non-hydrogen) atoms. The molecule has 4 rings (SSSR count). The van der Waals surface area contributed by atoms with Gasteiger partial charge >= 0.3 is 5.97 Å². The fraction of sp³-hybridized carbons (Fsp3) is 0.250. The second kappa shape index (κ2) is 9.75. The average Bonchev–Trinajstić information content (AvgIpc) is 3.18. The fourth-order valence-electron chi connectivity index (χ4n) is 4.68. The molecule has 0 aromatic heterocycles. The number of amides is 1. The van der Waals surface area contributed by atoms with Crippen molar-refractivity contribution in [2.45, 2.75) is 33.1 Å². The van der Waals surface area contributed by atoms with E-state index in [4.69, 9.17) is 4.74 Å². The molecule has 202 valence electrons. The van der Waals surface area contributed by atoms with Crippen molar-refractivity contribution in [2.75, 3.05) is 19.0 Å². The molecule has 0 fully saturated rings. The maximum absolute atomic E-state index is 13.8. The number of allylic oxidation sites excluding steroid dienone is 4. The van der Waals surface area contributed by atoms with Crippen molar-refractivity contribution in [1.82, 2.24) is 5.32 Å². The van der Waals surface area contributed by atoms with Crippen LogP contribution in [0, 0.1) is 6.92 Å².